The zero-order chi connectivity index (χ0) is 14.6. The van der Waals surface area contributed by atoms with Crippen LogP contribution in [0, 0.1) is 0 Å². The van der Waals surface area contributed by atoms with E-state index < -0.39 is 17.9 Å². The molecule has 0 saturated carbocycles. The molecule has 1 heterocycles. The molecule has 0 saturated heterocycles. The zero-order valence-electron chi connectivity index (χ0n) is 10.4. The van der Waals surface area contributed by atoms with Gasteiger partial charge in [-0.3, -0.25) is 0 Å². The summed E-state index contributed by atoms with van der Waals surface area (Å²) in [5.41, 5.74) is -0.959. The van der Waals surface area contributed by atoms with E-state index in [4.69, 9.17) is 5.11 Å². The number of carbonyl (C=O) groups excluding carboxylic acids is 1. The molecule has 1 unspecified atom stereocenters. The van der Waals surface area contributed by atoms with Crippen LogP contribution in [-0.2, 0) is 12.7 Å². The average molecular weight is 297 g/mol. The lowest BCUT2D eigenvalue weighted by molar-refractivity contribution is -0.140. The lowest BCUT2D eigenvalue weighted by Gasteiger charge is -2.23. The summed E-state index contributed by atoms with van der Waals surface area (Å²) in [6, 6.07) is -0.854. The van der Waals surface area contributed by atoms with Crippen molar-refractivity contribution in [3.8, 4) is 0 Å². The fourth-order valence-electron chi connectivity index (χ4n) is 1.12. The molecule has 1 rings (SSSR count). The average Bonchev–Trinajstić information content (AvgIpc) is 2.82. The van der Waals surface area contributed by atoms with Gasteiger partial charge in [0.05, 0.1) is 19.2 Å². The van der Waals surface area contributed by atoms with Crippen LogP contribution in [0.4, 0.5) is 18.0 Å². The van der Waals surface area contributed by atoms with E-state index in [2.05, 4.69) is 10.3 Å². The molecule has 0 spiro atoms. The van der Waals surface area contributed by atoms with Crippen LogP contribution < -0.4 is 5.32 Å². The van der Waals surface area contributed by atoms with Crippen LogP contribution in [0.2, 0.25) is 0 Å². The highest BCUT2D eigenvalue weighted by Crippen LogP contribution is 2.29. The van der Waals surface area contributed by atoms with Crippen molar-refractivity contribution < 1.29 is 23.1 Å². The summed E-state index contributed by atoms with van der Waals surface area (Å²) in [7, 11) is 1.49. The van der Waals surface area contributed by atoms with Crippen LogP contribution in [0.5, 0.6) is 0 Å². The van der Waals surface area contributed by atoms with E-state index in [1.165, 1.54) is 11.9 Å². The number of aliphatic hydroxyl groups is 1. The van der Waals surface area contributed by atoms with Crippen LogP contribution >= 0.6 is 11.3 Å². The first-order valence-electron chi connectivity index (χ1n) is 5.38. The number of likely N-dealkylation sites (N-methyl/N-ethyl adjacent to an activating group) is 1. The monoisotopic (exact) mass is 297 g/mol. The first-order chi connectivity index (χ1) is 8.75. The second kappa shape index (κ2) is 6.20. The predicted molar refractivity (Wildman–Crippen MR) is 63.7 cm³/mol. The Morgan fingerprint density at radius 1 is 1.63 bits per heavy atom. The Balaban J connectivity index is 2.53. The van der Waals surface area contributed by atoms with Gasteiger partial charge in [-0.25, -0.2) is 9.78 Å². The van der Waals surface area contributed by atoms with Crippen molar-refractivity contribution in [2.24, 2.45) is 0 Å². The van der Waals surface area contributed by atoms with Gasteiger partial charge in [0.15, 0.2) is 5.69 Å². The predicted octanol–water partition coefficient (Wildman–Crippen LogP) is 1.68. The second-order valence-electron chi connectivity index (χ2n) is 3.93. The molecule has 0 fully saturated rings. The van der Waals surface area contributed by atoms with E-state index in [1.807, 2.05) is 0 Å². The molecule has 2 amide bonds. The van der Waals surface area contributed by atoms with Crippen molar-refractivity contribution in [2.45, 2.75) is 25.7 Å². The lowest BCUT2D eigenvalue weighted by Crippen LogP contribution is -2.43. The number of halogens is 3. The number of nitrogens with one attached hydrogen (secondary N) is 1. The molecule has 1 aromatic heterocycles. The Bertz CT molecular complexity index is 436. The normalized spacial score (nSPS) is 13.2. The van der Waals surface area contributed by atoms with Gasteiger partial charge in [-0.2, -0.15) is 13.2 Å². The summed E-state index contributed by atoms with van der Waals surface area (Å²) in [6.45, 7) is 1.37. The maximum atomic E-state index is 12.3. The highest BCUT2D eigenvalue weighted by Gasteiger charge is 2.33. The minimum absolute atomic E-state index is 0.0813. The molecule has 0 aromatic carbocycles. The van der Waals surface area contributed by atoms with Crippen LogP contribution in [0.25, 0.3) is 0 Å². The van der Waals surface area contributed by atoms with E-state index in [0.29, 0.717) is 0 Å². The number of aromatic nitrogens is 1. The van der Waals surface area contributed by atoms with Crippen LogP contribution in [0.1, 0.15) is 17.6 Å². The zero-order valence-corrected chi connectivity index (χ0v) is 11.2. The number of hydrogen-bond acceptors (Lipinski definition) is 4. The fourth-order valence-corrected chi connectivity index (χ4v) is 1.86. The number of hydrogen-bond donors (Lipinski definition) is 2. The third-order valence-corrected chi connectivity index (χ3v) is 3.33. The van der Waals surface area contributed by atoms with E-state index >= 15 is 0 Å². The number of amides is 2. The number of alkyl halides is 3. The number of urea groups is 1. The van der Waals surface area contributed by atoms with Crippen LogP contribution in [0.3, 0.4) is 0 Å². The van der Waals surface area contributed by atoms with E-state index in [9.17, 15) is 18.0 Å². The Kier molecular flexibility index (Phi) is 5.12. The van der Waals surface area contributed by atoms with Crippen molar-refractivity contribution in [1.82, 2.24) is 15.2 Å². The fraction of sp³-hybridized carbons (Fsp3) is 0.600. The van der Waals surface area contributed by atoms with Gasteiger partial charge in [0, 0.05) is 12.4 Å². The van der Waals surface area contributed by atoms with Gasteiger partial charge in [-0.05, 0) is 6.92 Å². The molecule has 19 heavy (non-hydrogen) atoms. The SMILES string of the molecule is CC(CO)N(C)C(=O)NCc1nc(C(F)(F)F)cs1. The highest BCUT2D eigenvalue weighted by molar-refractivity contribution is 7.09. The smallest absolute Gasteiger partial charge is 0.394 e. The molecule has 0 radical (unpaired) electrons. The van der Waals surface area contributed by atoms with Gasteiger partial charge < -0.3 is 15.3 Å². The molecule has 9 heteroatoms. The Hall–Kier alpha value is -1.35. The van der Waals surface area contributed by atoms with E-state index in [1.54, 1.807) is 6.92 Å². The molecule has 0 aliphatic heterocycles. The van der Waals surface area contributed by atoms with Crippen molar-refractivity contribution >= 4 is 17.4 Å². The Labute approximate surface area is 112 Å². The third kappa shape index (κ3) is 4.35. The summed E-state index contributed by atoms with van der Waals surface area (Å²) >= 11 is 0.831. The number of aliphatic hydroxyl groups excluding tert-OH is 1. The Morgan fingerprint density at radius 2 is 2.26 bits per heavy atom. The second-order valence-corrected chi connectivity index (χ2v) is 4.87. The van der Waals surface area contributed by atoms with Gasteiger partial charge in [-0.15, -0.1) is 11.3 Å². The minimum atomic E-state index is -4.47. The minimum Gasteiger partial charge on any atom is -0.394 e. The van der Waals surface area contributed by atoms with Crippen molar-refractivity contribution in [1.29, 1.82) is 0 Å². The largest absolute Gasteiger partial charge is 0.434 e. The molecule has 1 aromatic rings. The van der Waals surface area contributed by atoms with Gasteiger partial charge in [0.1, 0.15) is 5.01 Å². The Morgan fingerprint density at radius 3 is 2.74 bits per heavy atom. The molecule has 0 aliphatic rings. The van der Waals surface area contributed by atoms with Crippen molar-refractivity contribution in [3.63, 3.8) is 0 Å². The number of rotatable bonds is 4. The van der Waals surface area contributed by atoms with Gasteiger partial charge in [0.25, 0.3) is 0 Å². The summed E-state index contributed by atoms with van der Waals surface area (Å²) in [6.07, 6.45) is -4.47. The molecular weight excluding hydrogens is 283 g/mol. The summed E-state index contributed by atoms with van der Waals surface area (Å²) < 4.78 is 36.9. The summed E-state index contributed by atoms with van der Waals surface area (Å²) in [5.74, 6) is 0. The summed E-state index contributed by atoms with van der Waals surface area (Å²) in [5, 5.41) is 12.4. The van der Waals surface area contributed by atoms with Crippen LogP contribution in [0.15, 0.2) is 5.38 Å². The van der Waals surface area contributed by atoms with E-state index in [0.717, 1.165) is 16.7 Å². The summed E-state index contributed by atoms with van der Waals surface area (Å²) in [4.78, 5) is 16.2. The molecule has 5 nitrogen and oxygen atoms in total. The first kappa shape index (κ1) is 15.7. The van der Waals surface area contributed by atoms with Crippen LogP contribution in [-0.4, -0.2) is 40.7 Å². The molecule has 108 valence electrons. The lowest BCUT2D eigenvalue weighted by atomic mass is 10.3. The number of thiazole rings is 1. The van der Waals surface area contributed by atoms with Gasteiger partial charge >= 0.3 is 12.2 Å². The quantitative estimate of drug-likeness (QED) is 0.888. The topological polar surface area (TPSA) is 65.5 Å². The first-order valence-corrected chi connectivity index (χ1v) is 6.26. The van der Waals surface area contributed by atoms with Gasteiger partial charge in [0.2, 0.25) is 0 Å². The maximum Gasteiger partial charge on any atom is 0.434 e. The molecule has 1 atom stereocenters. The van der Waals surface area contributed by atoms with Crippen molar-refractivity contribution in [2.75, 3.05) is 13.7 Å². The number of carbonyl (C=O) groups is 1. The molecule has 2 N–H and O–H groups in total. The highest BCUT2D eigenvalue weighted by atomic mass is 32.1. The maximum absolute atomic E-state index is 12.3. The standard InChI is InChI=1S/C10H14F3N3O2S/c1-6(4-17)16(2)9(18)14-3-8-15-7(5-19-8)10(11,12)13/h5-6,17H,3-4H2,1-2H3,(H,14,18). The molecule has 0 bridgehead atoms. The molecule has 0 aliphatic carbocycles. The van der Waals surface area contributed by atoms with Gasteiger partial charge in [-0.1, -0.05) is 0 Å². The number of nitrogens with zero attached hydrogens (tertiary/aromatic N) is 2. The van der Waals surface area contributed by atoms with E-state index in [-0.39, 0.29) is 24.2 Å². The third-order valence-electron chi connectivity index (χ3n) is 2.48. The van der Waals surface area contributed by atoms with Crippen molar-refractivity contribution in [3.05, 3.63) is 16.1 Å². The molecular formula is C10H14F3N3O2S.